The maximum atomic E-state index is 12.8. The molecule has 0 saturated carbocycles. The van der Waals surface area contributed by atoms with E-state index in [1.54, 1.807) is 69.3 Å². The zero-order valence-electron chi connectivity index (χ0n) is 20.2. The van der Waals surface area contributed by atoms with Gasteiger partial charge in [0.05, 0.1) is 40.9 Å². The average Bonchev–Trinajstić information content (AvgIpc) is 3.16. The molecule has 0 bridgehead atoms. The van der Waals surface area contributed by atoms with Crippen LogP contribution in [0, 0.1) is 13.8 Å². The number of ether oxygens (including phenoxy) is 2. The molecule has 1 heterocycles. The van der Waals surface area contributed by atoms with Crippen molar-refractivity contribution in [2.45, 2.75) is 33.2 Å². The molecule has 1 amide bonds. The quantitative estimate of drug-likeness (QED) is 0.300. The smallest absolute Gasteiger partial charge is 0.340 e. The van der Waals surface area contributed by atoms with E-state index in [1.165, 1.54) is 0 Å². The van der Waals surface area contributed by atoms with Crippen molar-refractivity contribution >= 4 is 35.2 Å². The van der Waals surface area contributed by atoms with E-state index in [0.29, 0.717) is 16.8 Å². The van der Waals surface area contributed by atoms with Crippen LogP contribution in [0.5, 0.6) is 0 Å². The van der Waals surface area contributed by atoms with Crippen LogP contribution in [0.2, 0.25) is 5.02 Å². The molecule has 2 N–H and O–H groups in total. The SMILES string of the molecule is CCOC(=O)c1c(C)[nH]c(C(=O)COC(=O)C[C@@H](NC(=O)c2ccccc2Cl)c2ccccc2)c1C. The number of carbonyl (C=O) groups excluding carboxylic acids is 4. The molecule has 9 heteroatoms. The molecule has 8 nitrogen and oxygen atoms in total. The van der Waals surface area contributed by atoms with E-state index in [9.17, 15) is 19.2 Å². The fourth-order valence-corrected chi connectivity index (χ4v) is 4.02. The number of carbonyl (C=O) groups is 4. The molecule has 3 rings (SSSR count). The number of hydrogen-bond donors (Lipinski definition) is 2. The third kappa shape index (κ3) is 6.40. The van der Waals surface area contributed by atoms with E-state index in [2.05, 4.69) is 10.3 Å². The Balaban J connectivity index is 1.69. The summed E-state index contributed by atoms with van der Waals surface area (Å²) in [7, 11) is 0. The highest BCUT2D eigenvalue weighted by Gasteiger charge is 2.25. The molecule has 0 aliphatic rings. The second-order valence-electron chi connectivity index (χ2n) is 8.05. The number of aromatic nitrogens is 1. The molecule has 0 unspecified atom stereocenters. The summed E-state index contributed by atoms with van der Waals surface area (Å²) >= 11 is 6.14. The monoisotopic (exact) mass is 510 g/mol. The molecule has 0 fully saturated rings. The van der Waals surface area contributed by atoms with E-state index in [4.69, 9.17) is 21.1 Å². The van der Waals surface area contributed by atoms with Crippen molar-refractivity contribution in [1.82, 2.24) is 10.3 Å². The Labute approximate surface area is 213 Å². The first-order chi connectivity index (χ1) is 17.2. The number of rotatable bonds is 10. The first-order valence-electron chi connectivity index (χ1n) is 11.4. The number of nitrogens with one attached hydrogen (secondary N) is 2. The Hall–Kier alpha value is -3.91. The van der Waals surface area contributed by atoms with Gasteiger partial charge in [-0.2, -0.15) is 0 Å². The summed E-state index contributed by atoms with van der Waals surface area (Å²) in [5, 5.41) is 3.10. The van der Waals surface area contributed by atoms with Crippen molar-refractivity contribution < 1.29 is 28.7 Å². The Morgan fingerprint density at radius 3 is 2.31 bits per heavy atom. The lowest BCUT2D eigenvalue weighted by Crippen LogP contribution is -2.31. The van der Waals surface area contributed by atoms with Gasteiger partial charge < -0.3 is 19.8 Å². The molecule has 188 valence electrons. The van der Waals surface area contributed by atoms with Gasteiger partial charge >= 0.3 is 11.9 Å². The van der Waals surface area contributed by atoms with Gasteiger partial charge in [0, 0.05) is 5.69 Å². The molecule has 3 aromatic rings. The van der Waals surface area contributed by atoms with E-state index >= 15 is 0 Å². The summed E-state index contributed by atoms with van der Waals surface area (Å²) in [6.45, 7) is 4.66. The molecule has 0 aliphatic carbocycles. The normalized spacial score (nSPS) is 11.4. The Bertz CT molecular complexity index is 1270. The number of hydrogen-bond acceptors (Lipinski definition) is 6. The van der Waals surface area contributed by atoms with Gasteiger partial charge in [-0.3, -0.25) is 14.4 Å². The standard InChI is InChI=1S/C27H27ClN2O6/c1-4-35-27(34)24-16(2)25(29-17(24)3)22(31)15-36-23(32)14-21(18-10-6-5-7-11-18)30-26(33)19-12-8-9-13-20(19)28/h5-13,21,29H,4,14-15H2,1-3H3,(H,30,33)/t21-/m1/s1. The minimum Gasteiger partial charge on any atom is -0.462 e. The van der Waals surface area contributed by atoms with E-state index < -0.39 is 36.3 Å². The highest BCUT2D eigenvalue weighted by molar-refractivity contribution is 6.33. The predicted octanol–water partition coefficient (Wildman–Crippen LogP) is 4.75. The van der Waals surface area contributed by atoms with Gasteiger partial charge in [-0.1, -0.05) is 54.1 Å². The Morgan fingerprint density at radius 2 is 1.64 bits per heavy atom. The summed E-state index contributed by atoms with van der Waals surface area (Å²) in [5.41, 5.74) is 2.36. The van der Waals surface area contributed by atoms with Crippen LogP contribution < -0.4 is 5.32 Å². The minimum atomic E-state index is -0.706. The van der Waals surface area contributed by atoms with Crippen LogP contribution >= 0.6 is 11.6 Å². The van der Waals surface area contributed by atoms with Gasteiger partial charge in [-0.15, -0.1) is 0 Å². The molecular formula is C27H27ClN2O6. The number of amides is 1. The third-order valence-electron chi connectivity index (χ3n) is 5.56. The van der Waals surface area contributed by atoms with Crippen molar-refractivity contribution in [3.63, 3.8) is 0 Å². The van der Waals surface area contributed by atoms with Crippen molar-refractivity contribution in [2.24, 2.45) is 0 Å². The zero-order valence-corrected chi connectivity index (χ0v) is 21.0. The van der Waals surface area contributed by atoms with Gasteiger partial charge in [0.1, 0.15) is 0 Å². The van der Waals surface area contributed by atoms with Crippen LogP contribution in [-0.4, -0.2) is 41.8 Å². The summed E-state index contributed by atoms with van der Waals surface area (Å²) in [6.07, 6.45) is -0.204. The van der Waals surface area contributed by atoms with Crippen molar-refractivity contribution in [1.29, 1.82) is 0 Å². The van der Waals surface area contributed by atoms with E-state index in [1.807, 2.05) is 6.07 Å². The first kappa shape index (κ1) is 26.7. The van der Waals surface area contributed by atoms with E-state index in [0.717, 1.165) is 0 Å². The molecule has 0 spiro atoms. The molecular weight excluding hydrogens is 484 g/mol. The first-order valence-corrected chi connectivity index (χ1v) is 11.8. The predicted molar refractivity (Wildman–Crippen MR) is 134 cm³/mol. The fraction of sp³-hybridized carbons (Fsp3) is 0.259. The number of esters is 2. The lowest BCUT2D eigenvalue weighted by atomic mass is 10.0. The van der Waals surface area contributed by atoms with Gasteiger partial charge in [0.25, 0.3) is 5.91 Å². The van der Waals surface area contributed by atoms with Gasteiger partial charge in [0.2, 0.25) is 5.78 Å². The van der Waals surface area contributed by atoms with Crippen LogP contribution in [0.4, 0.5) is 0 Å². The van der Waals surface area contributed by atoms with Gasteiger partial charge in [-0.25, -0.2) is 4.79 Å². The van der Waals surface area contributed by atoms with Crippen LogP contribution in [0.25, 0.3) is 0 Å². The van der Waals surface area contributed by atoms with Crippen LogP contribution in [0.15, 0.2) is 54.6 Å². The lowest BCUT2D eigenvalue weighted by molar-refractivity contribution is -0.143. The van der Waals surface area contributed by atoms with Crippen molar-refractivity contribution in [3.05, 3.63) is 93.3 Å². The number of halogens is 1. The topological polar surface area (TPSA) is 115 Å². The number of H-pyrrole nitrogens is 1. The number of benzene rings is 2. The highest BCUT2D eigenvalue weighted by atomic mass is 35.5. The molecule has 1 aromatic heterocycles. The van der Waals surface area contributed by atoms with Crippen LogP contribution in [0.3, 0.4) is 0 Å². The fourth-order valence-electron chi connectivity index (χ4n) is 3.80. The molecule has 2 aromatic carbocycles. The van der Waals surface area contributed by atoms with Crippen molar-refractivity contribution in [3.8, 4) is 0 Å². The number of aromatic amines is 1. The van der Waals surface area contributed by atoms with Gasteiger partial charge in [0.15, 0.2) is 6.61 Å². The molecule has 36 heavy (non-hydrogen) atoms. The molecule has 0 saturated heterocycles. The number of ketones is 1. The Kier molecular flexibility index (Phi) is 9.02. The second-order valence-corrected chi connectivity index (χ2v) is 8.46. The number of Topliss-reactive ketones (excluding diaryl/α,β-unsaturated/α-hetero) is 1. The average molecular weight is 511 g/mol. The number of aryl methyl sites for hydroxylation is 1. The van der Waals surface area contributed by atoms with Crippen LogP contribution in [0.1, 0.15) is 67.4 Å². The third-order valence-corrected chi connectivity index (χ3v) is 5.89. The largest absolute Gasteiger partial charge is 0.462 e. The Morgan fingerprint density at radius 1 is 0.972 bits per heavy atom. The second kappa shape index (κ2) is 12.2. The maximum Gasteiger partial charge on any atom is 0.340 e. The highest BCUT2D eigenvalue weighted by Crippen LogP contribution is 2.22. The summed E-state index contributed by atoms with van der Waals surface area (Å²) in [4.78, 5) is 53.3. The summed E-state index contributed by atoms with van der Waals surface area (Å²) in [5.74, 6) is -2.14. The molecule has 0 radical (unpaired) electrons. The molecule has 1 atom stereocenters. The van der Waals surface area contributed by atoms with Crippen molar-refractivity contribution in [2.75, 3.05) is 13.2 Å². The van der Waals surface area contributed by atoms with E-state index in [-0.39, 0.29) is 34.9 Å². The zero-order chi connectivity index (χ0) is 26.2. The minimum absolute atomic E-state index is 0.176. The molecule has 0 aliphatic heterocycles. The maximum absolute atomic E-state index is 12.8. The summed E-state index contributed by atoms with van der Waals surface area (Å²) < 4.78 is 10.3. The van der Waals surface area contributed by atoms with Gasteiger partial charge in [-0.05, 0) is 44.0 Å². The lowest BCUT2D eigenvalue weighted by Gasteiger charge is -2.19. The van der Waals surface area contributed by atoms with Crippen LogP contribution in [-0.2, 0) is 14.3 Å². The summed E-state index contributed by atoms with van der Waals surface area (Å²) in [6, 6.07) is 14.8.